The van der Waals surface area contributed by atoms with E-state index in [4.69, 9.17) is 22.2 Å². The maximum atomic E-state index is 13.6. The number of nitrogens with two attached hydrogens (primary N) is 1. The van der Waals surface area contributed by atoms with E-state index in [1.807, 2.05) is 5.43 Å². The summed E-state index contributed by atoms with van der Waals surface area (Å²) in [5.41, 5.74) is 2.99. The normalized spacial score (nSPS) is 10.2. The molecule has 0 saturated heterocycles. The third-order valence-corrected chi connectivity index (χ3v) is 2.98. The first-order valence-electron chi connectivity index (χ1n) is 5.79. The van der Waals surface area contributed by atoms with Gasteiger partial charge in [-0.1, -0.05) is 35.9 Å². The lowest BCUT2D eigenvalue weighted by atomic mass is 10.1. The van der Waals surface area contributed by atoms with Crippen molar-refractivity contribution in [2.45, 2.75) is 6.61 Å². The Morgan fingerprint density at radius 2 is 2.00 bits per heavy atom. The highest BCUT2D eigenvalue weighted by atomic mass is 35.5. The number of ether oxygens (including phenoxy) is 1. The Labute approximate surface area is 120 Å². The Hall–Kier alpha value is -2.11. The van der Waals surface area contributed by atoms with Gasteiger partial charge in [-0.05, 0) is 18.2 Å². The molecule has 104 valence electrons. The molecule has 2 aromatic carbocycles. The average Bonchev–Trinajstić information content (AvgIpc) is 2.46. The van der Waals surface area contributed by atoms with Crippen LogP contribution in [0.1, 0.15) is 15.9 Å². The van der Waals surface area contributed by atoms with Gasteiger partial charge in [0.15, 0.2) is 11.6 Å². The van der Waals surface area contributed by atoms with Gasteiger partial charge in [0.25, 0.3) is 5.91 Å². The zero-order chi connectivity index (χ0) is 14.5. The molecule has 0 aliphatic carbocycles. The lowest BCUT2D eigenvalue weighted by Crippen LogP contribution is -2.30. The second-order valence-electron chi connectivity index (χ2n) is 3.97. The summed E-state index contributed by atoms with van der Waals surface area (Å²) in [5.74, 6) is 4.06. The molecule has 0 bridgehead atoms. The van der Waals surface area contributed by atoms with E-state index in [0.717, 1.165) is 0 Å². The summed E-state index contributed by atoms with van der Waals surface area (Å²) < 4.78 is 18.9. The first kappa shape index (κ1) is 14.3. The minimum atomic E-state index is -0.557. The van der Waals surface area contributed by atoms with E-state index < -0.39 is 11.7 Å². The van der Waals surface area contributed by atoms with Crippen LogP contribution in [0.4, 0.5) is 4.39 Å². The first-order chi connectivity index (χ1) is 9.63. The molecule has 2 rings (SSSR count). The van der Waals surface area contributed by atoms with Crippen LogP contribution >= 0.6 is 11.6 Å². The third kappa shape index (κ3) is 3.07. The molecule has 2 aromatic rings. The fourth-order valence-electron chi connectivity index (χ4n) is 1.72. The minimum absolute atomic E-state index is 0.00421. The molecule has 6 heteroatoms. The molecule has 20 heavy (non-hydrogen) atoms. The standard InChI is InChI=1S/C14H12ClFN2O2/c15-11-6-3-7-12(16)13(11)20-8-9-4-1-2-5-10(9)14(19)18-17/h1-7H,8,17H2,(H,18,19). The number of amides is 1. The quantitative estimate of drug-likeness (QED) is 0.518. The first-order valence-corrected chi connectivity index (χ1v) is 6.17. The Morgan fingerprint density at radius 3 is 2.70 bits per heavy atom. The van der Waals surface area contributed by atoms with Gasteiger partial charge in [0.05, 0.1) is 5.02 Å². The van der Waals surface area contributed by atoms with Crippen molar-refractivity contribution >= 4 is 17.5 Å². The summed E-state index contributed by atoms with van der Waals surface area (Å²) in [7, 11) is 0. The molecule has 0 aliphatic rings. The Kier molecular flexibility index (Phi) is 4.55. The molecule has 0 radical (unpaired) electrons. The van der Waals surface area contributed by atoms with Crippen LogP contribution in [0.5, 0.6) is 5.75 Å². The number of hydrazine groups is 1. The van der Waals surface area contributed by atoms with Crippen LogP contribution in [0.15, 0.2) is 42.5 Å². The number of para-hydroxylation sites is 1. The Morgan fingerprint density at radius 1 is 1.25 bits per heavy atom. The summed E-state index contributed by atoms with van der Waals surface area (Å²) in [6, 6.07) is 11.0. The number of benzene rings is 2. The highest BCUT2D eigenvalue weighted by molar-refractivity contribution is 6.32. The summed E-state index contributed by atoms with van der Waals surface area (Å²) in [6.07, 6.45) is 0. The third-order valence-electron chi connectivity index (χ3n) is 2.68. The lowest BCUT2D eigenvalue weighted by molar-refractivity contribution is 0.0951. The molecule has 0 aliphatic heterocycles. The smallest absolute Gasteiger partial charge is 0.265 e. The van der Waals surface area contributed by atoms with Crippen molar-refractivity contribution in [3.63, 3.8) is 0 Å². The number of nitrogen functional groups attached to an aromatic ring is 1. The van der Waals surface area contributed by atoms with Gasteiger partial charge in [0, 0.05) is 11.1 Å². The maximum Gasteiger partial charge on any atom is 0.265 e. The van der Waals surface area contributed by atoms with Crippen molar-refractivity contribution in [2.24, 2.45) is 5.84 Å². The van der Waals surface area contributed by atoms with Gasteiger partial charge in [-0.25, -0.2) is 10.2 Å². The number of carbonyl (C=O) groups is 1. The van der Waals surface area contributed by atoms with E-state index in [1.54, 1.807) is 24.3 Å². The van der Waals surface area contributed by atoms with E-state index in [0.29, 0.717) is 11.1 Å². The van der Waals surface area contributed by atoms with Crippen molar-refractivity contribution in [3.05, 3.63) is 64.4 Å². The number of nitrogens with one attached hydrogen (secondary N) is 1. The highest BCUT2D eigenvalue weighted by Crippen LogP contribution is 2.28. The summed E-state index contributed by atoms with van der Waals surface area (Å²) in [5, 5.41) is 0.172. The van der Waals surface area contributed by atoms with E-state index in [-0.39, 0.29) is 17.4 Å². The molecular formula is C14H12ClFN2O2. The van der Waals surface area contributed by atoms with Gasteiger partial charge < -0.3 is 4.74 Å². The van der Waals surface area contributed by atoms with Gasteiger partial charge >= 0.3 is 0 Å². The fourth-order valence-corrected chi connectivity index (χ4v) is 1.93. The lowest BCUT2D eigenvalue weighted by Gasteiger charge is -2.11. The van der Waals surface area contributed by atoms with Crippen LogP contribution in [0.2, 0.25) is 5.02 Å². The van der Waals surface area contributed by atoms with Crippen molar-refractivity contribution in [1.82, 2.24) is 5.43 Å². The summed E-state index contributed by atoms with van der Waals surface area (Å²) in [6.45, 7) is 0.00421. The van der Waals surface area contributed by atoms with Gasteiger partial charge in [-0.15, -0.1) is 0 Å². The number of halogens is 2. The van der Waals surface area contributed by atoms with Crippen LogP contribution in [0.3, 0.4) is 0 Å². The largest absolute Gasteiger partial charge is 0.484 e. The van der Waals surface area contributed by atoms with Gasteiger partial charge in [-0.3, -0.25) is 10.2 Å². The maximum absolute atomic E-state index is 13.6. The molecule has 0 saturated carbocycles. The molecule has 0 spiro atoms. The zero-order valence-corrected chi connectivity index (χ0v) is 11.2. The van der Waals surface area contributed by atoms with Gasteiger partial charge in [0.2, 0.25) is 0 Å². The van der Waals surface area contributed by atoms with E-state index in [9.17, 15) is 9.18 Å². The number of hydrogen-bond acceptors (Lipinski definition) is 3. The molecule has 0 heterocycles. The molecule has 0 aromatic heterocycles. The minimum Gasteiger partial charge on any atom is -0.484 e. The second-order valence-corrected chi connectivity index (χ2v) is 4.38. The van der Waals surface area contributed by atoms with E-state index >= 15 is 0 Å². The fraction of sp³-hybridized carbons (Fsp3) is 0.0714. The highest BCUT2D eigenvalue weighted by Gasteiger charge is 2.12. The molecular weight excluding hydrogens is 283 g/mol. The van der Waals surface area contributed by atoms with Crippen LogP contribution in [-0.2, 0) is 6.61 Å². The van der Waals surface area contributed by atoms with Crippen molar-refractivity contribution < 1.29 is 13.9 Å². The van der Waals surface area contributed by atoms with Crippen LogP contribution in [0.25, 0.3) is 0 Å². The molecule has 0 unspecified atom stereocenters. The Bertz CT molecular complexity index is 614. The SMILES string of the molecule is NNC(=O)c1ccccc1COc1c(F)cccc1Cl. The molecule has 1 amide bonds. The topological polar surface area (TPSA) is 64.3 Å². The predicted molar refractivity (Wildman–Crippen MR) is 73.8 cm³/mol. The van der Waals surface area contributed by atoms with Crippen molar-refractivity contribution in [2.75, 3.05) is 0 Å². The van der Waals surface area contributed by atoms with Crippen LogP contribution in [0, 0.1) is 5.82 Å². The summed E-state index contributed by atoms with van der Waals surface area (Å²) in [4.78, 5) is 11.6. The molecule has 4 nitrogen and oxygen atoms in total. The van der Waals surface area contributed by atoms with E-state index in [1.165, 1.54) is 18.2 Å². The average molecular weight is 295 g/mol. The van der Waals surface area contributed by atoms with Gasteiger partial charge in [-0.2, -0.15) is 0 Å². The van der Waals surface area contributed by atoms with Crippen LogP contribution < -0.4 is 16.0 Å². The van der Waals surface area contributed by atoms with Crippen molar-refractivity contribution in [3.8, 4) is 5.75 Å². The van der Waals surface area contributed by atoms with E-state index in [2.05, 4.69) is 0 Å². The molecule has 0 fully saturated rings. The monoisotopic (exact) mass is 294 g/mol. The molecule has 0 atom stereocenters. The molecule has 3 N–H and O–H groups in total. The second kappa shape index (κ2) is 6.36. The van der Waals surface area contributed by atoms with Crippen LogP contribution in [-0.4, -0.2) is 5.91 Å². The number of rotatable bonds is 4. The number of carbonyl (C=O) groups excluding carboxylic acids is 1. The Balaban J connectivity index is 2.21. The van der Waals surface area contributed by atoms with Gasteiger partial charge in [0.1, 0.15) is 6.61 Å². The summed E-state index contributed by atoms with van der Waals surface area (Å²) >= 11 is 5.86. The van der Waals surface area contributed by atoms with Crippen molar-refractivity contribution in [1.29, 1.82) is 0 Å². The number of hydrogen-bond donors (Lipinski definition) is 2. The zero-order valence-electron chi connectivity index (χ0n) is 10.4. The predicted octanol–water partition coefficient (Wildman–Crippen LogP) is 2.66.